The minimum Gasteiger partial charge on any atom is -0.493 e. The molecule has 1 N–H and O–H groups in total. The average molecular weight is 503 g/mol. The maximum atomic E-state index is 12.8. The number of carbonyl (C=O) groups is 1. The molecule has 1 saturated carbocycles. The third-order valence-corrected chi connectivity index (χ3v) is 7.45. The van der Waals surface area contributed by atoms with Gasteiger partial charge >= 0.3 is 5.97 Å². The third-order valence-electron chi connectivity index (χ3n) is 7.45. The van der Waals surface area contributed by atoms with Crippen LogP contribution in [0, 0.1) is 5.92 Å². The summed E-state index contributed by atoms with van der Waals surface area (Å²) in [7, 11) is 3.21. The van der Waals surface area contributed by atoms with Gasteiger partial charge in [-0.2, -0.15) is 0 Å². The van der Waals surface area contributed by atoms with Crippen molar-refractivity contribution < 1.29 is 38.3 Å². The lowest BCUT2D eigenvalue weighted by atomic mass is 9.68. The number of esters is 1. The topological polar surface area (TPSA) is 99.3 Å². The van der Waals surface area contributed by atoms with Crippen molar-refractivity contribution in [3.8, 4) is 11.5 Å². The number of carbonyl (C=O) groups excluding carboxylic acids is 1. The van der Waals surface area contributed by atoms with Gasteiger partial charge in [0, 0.05) is 13.2 Å². The van der Waals surface area contributed by atoms with E-state index in [2.05, 4.69) is 26.8 Å². The summed E-state index contributed by atoms with van der Waals surface area (Å²) in [6.07, 6.45) is 7.01. The summed E-state index contributed by atoms with van der Waals surface area (Å²) >= 11 is 0. The zero-order chi connectivity index (χ0) is 25.9. The molecule has 3 aliphatic rings. The monoisotopic (exact) mass is 502 g/mol. The highest BCUT2D eigenvalue weighted by atomic mass is 16.6. The van der Waals surface area contributed by atoms with Gasteiger partial charge in [-0.05, 0) is 63.8 Å². The Kier molecular flexibility index (Phi) is 8.09. The number of epoxide rings is 2. The van der Waals surface area contributed by atoms with Crippen LogP contribution in [0.2, 0.25) is 0 Å². The van der Waals surface area contributed by atoms with Gasteiger partial charge in [0.05, 0.1) is 32.3 Å². The summed E-state index contributed by atoms with van der Waals surface area (Å²) in [5.41, 5.74) is 1.39. The van der Waals surface area contributed by atoms with Crippen LogP contribution >= 0.6 is 0 Å². The van der Waals surface area contributed by atoms with Gasteiger partial charge in [-0.25, -0.2) is 4.79 Å². The molecular formula is C28H38O8. The zero-order valence-electron chi connectivity index (χ0n) is 21.8. The van der Waals surface area contributed by atoms with Gasteiger partial charge in [-0.1, -0.05) is 17.7 Å². The Morgan fingerprint density at radius 3 is 2.67 bits per heavy atom. The summed E-state index contributed by atoms with van der Waals surface area (Å²) in [5, 5.41) is 8.96. The minimum absolute atomic E-state index is 0.0168. The Labute approximate surface area is 213 Å². The lowest BCUT2D eigenvalue weighted by Crippen LogP contribution is -2.55. The summed E-state index contributed by atoms with van der Waals surface area (Å²) in [6.45, 7) is 7.07. The number of methoxy groups -OCH3 is 2. The molecule has 0 bridgehead atoms. The molecule has 1 aliphatic carbocycles. The summed E-state index contributed by atoms with van der Waals surface area (Å²) < 4.78 is 34.8. The largest absolute Gasteiger partial charge is 0.493 e. The van der Waals surface area contributed by atoms with Crippen molar-refractivity contribution in [1.29, 1.82) is 0 Å². The van der Waals surface area contributed by atoms with Gasteiger partial charge in [0.25, 0.3) is 0 Å². The highest BCUT2D eigenvalue weighted by molar-refractivity contribution is 5.87. The van der Waals surface area contributed by atoms with E-state index in [1.807, 2.05) is 0 Å². The number of ether oxygens (including phenoxy) is 6. The molecule has 1 aromatic carbocycles. The molecule has 2 saturated heterocycles. The Bertz CT molecular complexity index is 993. The molecule has 0 aromatic heterocycles. The minimum atomic E-state index is -0.434. The van der Waals surface area contributed by atoms with Crippen molar-refractivity contribution in [2.24, 2.45) is 5.92 Å². The second-order valence-electron chi connectivity index (χ2n) is 10.2. The van der Waals surface area contributed by atoms with Gasteiger partial charge in [0.15, 0.2) is 11.5 Å². The number of aliphatic hydroxyl groups excluding tert-OH is 1. The van der Waals surface area contributed by atoms with Crippen LogP contribution in [0.1, 0.15) is 45.6 Å². The van der Waals surface area contributed by atoms with Crippen LogP contribution in [0.5, 0.6) is 11.5 Å². The second-order valence-corrected chi connectivity index (χ2v) is 10.2. The van der Waals surface area contributed by atoms with E-state index in [-0.39, 0.29) is 48.6 Å². The van der Waals surface area contributed by atoms with Crippen LogP contribution in [-0.2, 0) is 23.7 Å². The maximum Gasteiger partial charge on any atom is 0.331 e. The fourth-order valence-electron chi connectivity index (χ4n) is 5.49. The van der Waals surface area contributed by atoms with E-state index < -0.39 is 5.97 Å². The fourth-order valence-corrected chi connectivity index (χ4v) is 5.49. The van der Waals surface area contributed by atoms with E-state index in [9.17, 15) is 4.79 Å². The van der Waals surface area contributed by atoms with Gasteiger partial charge < -0.3 is 33.5 Å². The Balaban J connectivity index is 1.42. The van der Waals surface area contributed by atoms with Crippen LogP contribution in [-0.4, -0.2) is 74.6 Å². The van der Waals surface area contributed by atoms with Crippen molar-refractivity contribution in [2.45, 2.75) is 69.5 Å². The summed E-state index contributed by atoms with van der Waals surface area (Å²) in [4.78, 5) is 12.8. The molecule has 2 aliphatic heterocycles. The number of benzene rings is 1. The third kappa shape index (κ3) is 5.62. The molecule has 0 radical (unpaired) electrons. The standard InChI is InChI=1S/C28H38O8/c1-18(2)6-10-23-27(3,36-23)26-25(32-5)21(12-13-28(26)17-34-28)35-24(30)11-8-19-7-9-20(33-15-14-29)22(16-19)31-4/h6-9,11,16,21,23,25-26,29H,10,12-15,17H2,1-5H3/b11-8+/t21-,23+,25-,26-,27+,28+/m1/s1. The smallest absolute Gasteiger partial charge is 0.331 e. The molecule has 8 nitrogen and oxygen atoms in total. The Morgan fingerprint density at radius 2 is 2.03 bits per heavy atom. The van der Waals surface area contributed by atoms with Crippen LogP contribution in [0.15, 0.2) is 35.9 Å². The normalized spacial score (nSPS) is 32.8. The first-order valence-electron chi connectivity index (χ1n) is 12.5. The van der Waals surface area contributed by atoms with E-state index in [4.69, 9.17) is 33.5 Å². The van der Waals surface area contributed by atoms with Gasteiger partial charge in [0.2, 0.25) is 0 Å². The first-order chi connectivity index (χ1) is 17.3. The molecule has 6 atom stereocenters. The Morgan fingerprint density at radius 1 is 1.25 bits per heavy atom. The van der Waals surface area contributed by atoms with E-state index in [0.29, 0.717) is 24.5 Å². The maximum absolute atomic E-state index is 12.8. The van der Waals surface area contributed by atoms with Crippen molar-refractivity contribution >= 4 is 12.0 Å². The van der Waals surface area contributed by atoms with E-state index in [1.54, 1.807) is 31.4 Å². The second kappa shape index (κ2) is 10.9. The van der Waals surface area contributed by atoms with Gasteiger partial charge in [0.1, 0.15) is 30.0 Å². The van der Waals surface area contributed by atoms with Gasteiger partial charge in [-0.15, -0.1) is 0 Å². The SMILES string of the molecule is COc1cc(/C=C/C(=O)O[C@@H]2CC[C@]3(CO3)[C@@H]([C@@]3(C)O[C@H]3CC=C(C)C)[C@@H]2OC)ccc1OCCO. The summed E-state index contributed by atoms with van der Waals surface area (Å²) in [5.74, 6) is 0.591. The lowest BCUT2D eigenvalue weighted by molar-refractivity contribution is -0.166. The molecule has 0 unspecified atom stereocenters. The van der Waals surface area contributed by atoms with Crippen molar-refractivity contribution in [3.05, 3.63) is 41.5 Å². The molecule has 1 aromatic rings. The van der Waals surface area contributed by atoms with Gasteiger partial charge in [-0.3, -0.25) is 0 Å². The predicted molar refractivity (Wildman–Crippen MR) is 134 cm³/mol. The van der Waals surface area contributed by atoms with E-state index >= 15 is 0 Å². The number of allylic oxidation sites excluding steroid dienone is 1. The predicted octanol–water partition coefficient (Wildman–Crippen LogP) is 3.70. The quantitative estimate of drug-likeness (QED) is 0.212. The molecule has 0 amide bonds. The summed E-state index contributed by atoms with van der Waals surface area (Å²) in [6, 6.07) is 5.31. The van der Waals surface area contributed by atoms with E-state index in [1.165, 1.54) is 18.8 Å². The average Bonchev–Trinajstić information content (AvgIpc) is 3.78. The number of aliphatic hydroxyl groups is 1. The number of hydrogen-bond donors (Lipinski definition) is 1. The van der Waals surface area contributed by atoms with Crippen LogP contribution < -0.4 is 9.47 Å². The molecule has 2 heterocycles. The highest BCUT2D eigenvalue weighted by Crippen LogP contribution is 2.59. The molecule has 198 valence electrons. The highest BCUT2D eigenvalue weighted by Gasteiger charge is 2.72. The number of rotatable bonds is 11. The first kappa shape index (κ1) is 26.7. The molecule has 8 heteroatoms. The molecular weight excluding hydrogens is 464 g/mol. The zero-order valence-corrected chi connectivity index (χ0v) is 21.8. The fraction of sp³-hybridized carbons (Fsp3) is 0.607. The van der Waals surface area contributed by atoms with Crippen molar-refractivity contribution in [1.82, 2.24) is 0 Å². The molecule has 36 heavy (non-hydrogen) atoms. The lowest BCUT2D eigenvalue weighted by Gasteiger charge is -2.42. The van der Waals surface area contributed by atoms with Crippen molar-refractivity contribution in [2.75, 3.05) is 34.0 Å². The van der Waals surface area contributed by atoms with Crippen LogP contribution in [0.4, 0.5) is 0 Å². The first-order valence-corrected chi connectivity index (χ1v) is 12.5. The molecule has 3 fully saturated rings. The van der Waals surface area contributed by atoms with Crippen LogP contribution in [0.3, 0.4) is 0 Å². The van der Waals surface area contributed by atoms with Crippen LogP contribution in [0.25, 0.3) is 6.08 Å². The molecule has 1 spiro atoms. The van der Waals surface area contributed by atoms with E-state index in [0.717, 1.165) is 18.4 Å². The number of hydrogen-bond acceptors (Lipinski definition) is 8. The Hall–Kier alpha value is -2.39. The molecule has 4 rings (SSSR count). The van der Waals surface area contributed by atoms with Crippen molar-refractivity contribution in [3.63, 3.8) is 0 Å².